The fourth-order valence-corrected chi connectivity index (χ4v) is 4.84. The van der Waals surface area contributed by atoms with Gasteiger partial charge in [0.1, 0.15) is 0 Å². The molecule has 26 heavy (non-hydrogen) atoms. The molecular formula is C17H16BrKN2S3Se2. The van der Waals surface area contributed by atoms with Crippen molar-refractivity contribution in [3.05, 3.63) is 67.2 Å². The van der Waals surface area contributed by atoms with E-state index in [1.54, 1.807) is 34.0 Å². The van der Waals surface area contributed by atoms with Crippen LogP contribution in [0.2, 0.25) is 0 Å². The van der Waals surface area contributed by atoms with E-state index in [1.165, 1.54) is 14.6 Å². The number of rotatable bonds is 3. The molecule has 0 unspecified atom stereocenters. The van der Waals surface area contributed by atoms with Crippen molar-refractivity contribution in [1.82, 2.24) is 0 Å². The van der Waals surface area contributed by atoms with Crippen molar-refractivity contribution in [2.24, 2.45) is 0 Å². The van der Waals surface area contributed by atoms with Crippen LogP contribution in [-0.4, -0.2) is 65.9 Å². The Morgan fingerprint density at radius 3 is 1.77 bits per heavy atom. The van der Waals surface area contributed by atoms with Gasteiger partial charge in [-0.3, -0.25) is 0 Å². The van der Waals surface area contributed by atoms with Crippen LogP contribution < -0.4 is 0 Å². The minimum atomic E-state index is 0.158. The summed E-state index contributed by atoms with van der Waals surface area (Å²) in [5.41, 5.74) is 0.410. The molecule has 0 aromatic carbocycles. The van der Waals surface area contributed by atoms with E-state index < -0.39 is 0 Å². The molecule has 132 valence electrons. The van der Waals surface area contributed by atoms with Gasteiger partial charge in [-0.2, -0.15) is 0 Å². The Labute approximate surface area is 217 Å². The zero-order valence-corrected chi connectivity index (χ0v) is 25.0. The molecule has 0 aliphatic carbocycles. The quantitative estimate of drug-likeness (QED) is 0.291. The predicted molar refractivity (Wildman–Crippen MR) is 123 cm³/mol. The summed E-state index contributed by atoms with van der Waals surface area (Å²) < 4.78 is 0. The third-order valence-electron chi connectivity index (χ3n) is 2.33. The molecule has 3 rings (SSSR count). The Kier molecular flexibility index (Phi) is 22.0. The van der Waals surface area contributed by atoms with Crippen molar-refractivity contribution in [3.63, 3.8) is 0 Å². The van der Waals surface area contributed by atoms with Gasteiger partial charge in [-0.05, 0) is 29.8 Å². The summed E-state index contributed by atoms with van der Waals surface area (Å²) in [7, 11) is 0. The Morgan fingerprint density at radius 2 is 1.50 bits per heavy atom. The van der Waals surface area contributed by atoms with Gasteiger partial charge in [-0.1, -0.05) is 28.1 Å². The normalized spacial score (nSPS) is 8.38. The van der Waals surface area contributed by atoms with E-state index in [4.69, 9.17) is 10.5 Å². The minimum absolute atomic E-state index is 0.158. The number of aryl methyl sites for hydroxylation is 1. The van der Waals surface area contributed by atoms with Crippen LogP contribution in [0.15, 0.2) is 52.5 Å². The van der Waals surface area contributed by atoms with Crippen LogP contribution in [0.4, 0.5) is 0 Å². The van der Waals surface area contributed by atoms with E-state index in [9.17, 15) is 0 Å². The van der Waals surface area contributed by atoms with E-state index in [-0.39, 0.29) is 15.0 Å². The number of thiophene rings is 3. The van der Waals surface area contributed by atoms with E-state index in [0.717, 1.165) is 56.0 Å². The zero-order chi connectivity index (χ0) is 19.5. The second-order valence-corrected chi connectivity index (χ2v) is 14.1. The first kappa shape index (κ1) is 27.2. The molecule has 0 aliphatic heterocycles. The average Bonchev–Trinajstić information content (AvgIpc) is 3.44. The third kappa shape index (κ3) is 17.3. The van der Waals surface area contributed by atoms with Crippen LogP contribution >= 0.6 is 49.9 Å². The fraction of sp³-hybridized carbons (Fsp3) is 0.176. The van der Waals surface area contributed by atoms with Crippen molar-refractivity contribution >= 4 is 116 Å². The van der Waals surface area contributed by atoms with Crippen molar-refractivity contribution in [3.8, 4) is 9.94 Å². The van der Waals surface area contributed by atoms with Crippen LogP contribution in [0.25, 0.3) is 0 Å². The first-order valence-corrected chi connectivity index (χ1v) is 22.2. The van der Waals surface area contributed by atoms with Crippen molar-refractivity contribution in [2.75, 3.05) is 0 Å². The van der Waals surface area contributed by atoms with Gasteiger partial charge >= 0.3 is 125 Å². The average molecular weight is 621 g/mol. The Morgan fingerprint density at radius 1 is 0.962 bits per heavy atom. The number of nitrogens with zero attached hydrogens (tertiary/aromatic N) is 2. The second kappa shape index (κ2) is 21.0. The zero-order valence-electron chi connectivity index (χ0n) is 14.4. The van der Waals surface area contributed by atoms with Gasteiger partial charge in [0, 0.05) is 15.1 Å². The topological polar surface area (TPSA) is 47.6 Å². The fourth-order valence-electron chi connectivity index (χ4n) is 1.25. The number of hydrogen-bond donors (Lipinski definition) is 0. The van der Waals surface area contributed by atoms with Crippen LogP contribution in [-0.2, 0) is 10.6 Å². The second-order valence-electron chi connectivity index (χ2n) is 4.19. The van der Waals surface area contributed by atoms with Gasteiger partial charge in [0.25, 0.3) is 0 Å². The Bertz CT molecular complexity index is 721. The van der Waals surface area contributed by atoms with Crippen LogP contribution in [0, 0.1) is 27.4 Å². The van der Waals surface area contributed by atoms with E-state index >= 15 is 0 Å². The van der Waals surface area contributed by atoms with Gasteiger partial charge in [-0.25, -0.2) is 0 Å². The maximum atomic E-state index is 8.25. The Balaban J connectivity index is 0.000000334. The number of halogens is 1. The van der Waals surface area contributed by atoms with Crippen molar-refractivity contribution < 1.29 is 0 Å². The summed E-state index contributed by atoms with van der Waals surface area (Å²) in [4.78, 5) is 8.35. The summed E-state index contributed by atoms with van der Waals surface area (Å²) >= 11 is 9.60. The first-order valence-electron chi connectivity index (χ1n) is 7.21. The van der Waals surface area contributed by atoms with Gasteiger partial charge < -0.3 is 0 Å². The first-order chi connectivity index (χ1) is 12.7. The molecule has 0 fully saturated rings. The standard InChI is InChI=1S/C6H5NSSe.C5H5BrS.C5H6S.CHNSe.K/c7-5-9-4-6-2-1-3-8-6;6-4-5-2-1-3-7-5;1-5-3-2-4-6-5;2-1-3;/h1-3H,4H2;1-3H,4H2;2-4H,1H3;3H;/q;;;;+1/p-1. The summed E-state index contributed by atoms with van der Waals surface area (Å²) in [6.45, 7) is 2.10. The summed E-state index contributed by atoms with van der Waals surface area (Å²) in [6.07, 6.45) is 0. The molecule has 0 aliphatic rings. The molecule has 3 aromatic heterocycles. The summed E-state index contributed by atoms with van der Waals surface area (Å²) in [5.74, 6) is 0. The molecule has 0 amide bonds. The van der Waals surface area contributed by atoms with E-state index in [2.05, 4.69) is 73.9 Å². The predicted octanol–water partition coefficient (Wildman–Crippen LogP) is 5.39. The SMILES string of the molecule is BrCc1cccs1.Cc1cccs1.N#C[Se]Cc1cccs1.N#C[Se][K]. The summed E-state index contributed by atoms with van der Waals surface area (Å²) in [5, 5.41) is 24.1. The number of hydrogen-bond acceptors (Lipinski definition) is 5. The molecular weight excluding hydrogens is 605 g/mol. The number of nitriles is 2. The molecule has 0 saturated heterocycles. The molecule has 9 heteroatoms. The third-order valence-corrected chi connectivity index (χ3v) is 9.36. The number of alkyl halides is 1. The van der Waals surface area contributed by atoms with Gasteiger partial charge in [-0.15, -0.1) is 22.7 Å². The van der Waals surface area contributed by atoms with Gasteiger partial charge in [0.15, 0.2) is 0 Å². The van der Waals surface area contributed by atoms with Crippen LogP contribution in [0.3, 0.4) is 0 Å². The maximum absolute atomic E-state index is 8.25. The van der Waals surface area contributed by atoms with Crippen molar-refractivity contribution in [2.45, 2.75) is 17.6 Å². The summed E-state index contributed by atoms with van der Waals surface area (Å²) in [6, 6.07) is 12.4. The molecule has 0 spiro atoms. The Hall–Kier alpha value is 1.24. The van der Waals surface area contributed by atoms with Crippen LogP contribution in [0.1, 0.15) is 14.6 Å². The molecule has 2 nitrogen and oxygen atoms in total. The molecule has 3 aromatic rings. The van der Waals surface area contributed by atoms with Gasteiger partial charge in [0.2, 0.25) is 0 Å². The molecule has 0 atom stereocenters. The molecule has 0 saturated carbocycles. The van der Waals surface area contributed by atoms with E-state index in [0.29, 0.717) is 5.60 Å². The monoisotopic (exact) mass is 622 g/mol. The molecule has 0 bridgehead atoms. The van der Waals surface area contributed by atoms with Crippen molar-refractivity contribution in [1.29, 1.82) is 10.5 Å². The molecule has 3 heterocycles. The molecule has 0 N–H and O–H groups in total. The van der Waals surface area contributed by atoms with Gasteiger partial charge in [0.05, 0.1) is 0 Å². The van der Waals surface area contributed by atoms with Crippen LogP contribution in [0.5, 0.6) is 0 Å². The van der Waals surface area contributed by atoms with E-state index in [1.807, 2.05) is 11.4 Å². The molecule has 0 radical (unpaired) electrons.